The molecule has 170 valence electrons. The molecule has 2 aromatic carbocycles. The minimum Gasteiger partial charge on any atom is -0.460 e. The molecule has 0 radical (unpaired) electrons. The number of unbranched alkanes of at least 4 members (excludes halogenated alkanes) is 1. The molecular formula is C26H34N4O2. The van der Waals surface area contributed by atoms with E-state index in [-0.39, 0.29) is 17.9 Å². The largest absolute Gasteiger partial charge is 0.460 e. The molecule has 1 atom stereocenters. The third-order valence-electron chi connectivity index (χ3n) is 5.39. The number of rotatable bonds is 10. The second-order valence-electron chi connectivity index (χ2n) is 8.45. The van der Waals surface area contributed by atoms with Gasteiger partial charge in [-0.1, -0.05) is 56.5 Å². The van der Waals surface area contributed by atoms with E-state index < -0.39 is 0 Å². The number of aryl methyl sites for hydroxylation is 1. The molecule has 0 fully saturated rings. The number of nitrogens with one attached hydrogen (secondary N) is 1. The summed E-state index contributed by atoms with van der Waals surface area (Å²) >= 11 is 0. The Labute approximate surface area is 191 Å². The molecule has 32 heavy (non-hydrogen) atoms. The Morgan fingerprint density at radius 2 is 1.75 bits per heavy atom. The Hall–Kier alpha value is -3.15. The Balaban J connectivity index is 1.85. The van der Waals surface area contributed by atoms with Crippen LogP contribution in [0, 0.1) is 12.8 Å². The Morgan fingerprint density at radius 3 is 2.34 bits per heavy atom. The smallest absolute Gasteiger partial charge is 0.336 e. The summed E-state index contributed by atoms with van der Waals surface area (Å²) in [5, 5.41) is 7.64. The van der Waals surface area contributed by atoms with E-state index in [2.05, 4.69) is 48.3 Å². The third-order valence-corrected chi connectivity index (χ3v) is 5.39. The third kappa shape index (κ3) is 5.96. The Morgan fingerprint density at radius 1 is 1.06 bits per heavy atom. The lowest BCUT2D eigenvalue weighted by Gasteiger charge is -2.15. The van der Waals surface area contributed by atoms with Gasteiger partial charge in [-0.25, -0.2) is 4.68 Å². The van der Waals surface area contributed by atoms with Crippen LogP contribution in [0.25, 0.3) is 17.1 Å². The molecule has 0 aliphatic carbocycles. The van der Waals surface area contributed by atoms with Crippen molar-refractivity contribution >= 4 is 11.6 Å². The van der Waals surface area contributed by atoms with Gasteiger partial charge >= 0.3 is 6.01 Å². The predicted octanol–water partition coefficient (Wildman–Crippen LogP) is 6.18. The van der Waals surface area contributed by atoms with Crippen LogP contribution in [0.2, 0.25) is 0 Å². The van der Waals surface area contributed by atoms with Crippen LogP contribution in [0.4, 0.5) is 5.69 Å². The minimum absolute atomic E-state index is 0.0199. The van der Waals surface area contributed by atoms with Crippen LogP contribution in [-0.4, -0.2) is 26.8 Å². The fraction of sp³-hybridized carbons (Fsp3) is 0.423. The van der Waals surface area contributed by atoms with Gasteiger partial charge in [0.2, 0.25) is 5.91 Å². The topological polar surface area (TPSA) is 69.0 Å². The van der Waals surface area contributed by atoms with Crippen LogP contribution in [-0.2, 0) is 4.79 Å². The van der Waals surface area contributed by atoms with E-state index in [0.717, 1.165) is 42.6 Å². The summed E-state index contributed by atoms with van der Waals surface area (Å²) in [5.74, 6) is 0.847. The maximum atomic E-state index is 12.6. The van der Waals surface area contributed by atoms with Crippen molar-refractivity contribution in [3.05, 3.63) is 54.1 Å². The molecule has 6 nitrogen and oxygen atoms in total. The highest BCUT2D eigenvalue weighted by molar-refractivity contribution is 5.92. The first-order chi connectivity index (χ1) is 15.4. The first-order valence-electron chi connectivity index (χ1n) is 11.5. The second-order valence-corrected chi connectivity index (χ2v) is 8.45. The number of amides is 1. The summed E-state index contributed by atoms with van der Waals surface area (Å²) in [4.78, 5) is 17.2. The maximum Gasteiger partial charge on any atom is 0.336 e. The van der Waals surface area contributed by atoms with Crippen LogP contribution in [0.1, 0.15) is 58.9 Å². The monoisotopic (exact) mass is 434 g/mol. The molecule has 1 amide bonds. The molecule has 6 heteroatoms. The van der Waals surface area contributed by atoms with E-state index in [1.165, 1.54) is 5.56 Å². The summed E-state index contributed by atoms with van der Waals surface area (Å²) in [6.07, 6.45) is 3.92. The number of carbonyl (C=O) groups excluding carboxylic acids is 1. The van der Waals surface area contributed by atoms with Crippen molar-refractivity contribution in [2.75, 3.05) is 5.32 Å². The summed E-state index contributed by atoms with van der Waals surface area (Å²) in [6.45, 7) is 10.2. The molecule has 1 unspecified atom stereocenters. The van der Waals surface area contributed by atoms with Crippen molar-refractivity contribution in [1.29, 1.82) is 0 Å². The van der Waals surface area contributed by atoms with E-state index in [1.54, 1.807) is 4.68 Å². The average molecular weight is 435 g/mol. The number of hydrogen-bond acceptors (Lipinski definition) is 4. The lowest BCUT2D eigenvalue weighted by Crippen LogP contribution is -2.22. The summed E-state index contributed by atoms with van der Waals surface area (Å²) < 4.78 is 7.53. The first kappa shape index (κ1) is 23.5. The number of benzene rings is 2. The molecule has 1 aromatic heterocycles. The lowest BCUT2D eigenvalue weighted by molar-refractivity contribution is -0.120. The van der Waals surface area contributed by atoms with Crippen molar-refractivity contribution in [2.45, 2.75) is 66.4 Å². The molecule has 0 aliphatic heterocycles. The Kier molecular flexibility index (Phi) is 8.03. The Bertz CT molecular complexity index is 1010. The molecule has 3 rings (SSSR count). The maximum absolute atomic E-state index is 12.6. The fourth-order valence-corrected chi connectivity index (χ4v) is 3.52. The highest BCUT2D eigenvalue weighted by Crippen LogP contribution is 2.25. The summed E-state index contributed by atoms with van der Waals surface area (Å²) in [6, 6.07) is 16.2. The quantitative estimate of drug-likeness (QED) is 0.413. The van der Waals surface area contributed by atoms with Crippen molar-refractivity contribution in [3.8, 4) is 23.1 Å². The van der Waals surface area contributed by atoms with E-state index in [1.807, 2.05) is 50.2 Å². The van der Waals surface area contributed by atoms with Crippen LogP contribution in [0.3, 0.4) is 0 Å². The average Bonchev–Trinajstić information content (AvgIpc) is 3.18. The first-order valence-corrected chi connectivity index (χ1v) is 11.5. The fourth-order valence-electron chi connectivity index (χ4n) is 3.52. The van der Waals surface area contributed by atoms with Crippen molar-refractivity contribution in [1.82, 2.24) is 14.8 Å². The van der Waals surface area contributed by atoms with Crippen molar-refractivity contribution in [3.63, 3.8) is 0 Å². The van der Waals surface area contributed by atoms with Gasteiger partial charge in [0.05, 0.1) is 11.8 Å². The number of nitrogens with zero attached hydrogens (tertiary/aromatic N) is 3. The lowest BCUT2D eigenvalue weighted by atomic mass is 9.98. The van der Waals surface area contributed by atoms with Gasteiger partial charge in [0, 0.05) is 17.2 Å². The second kappa shape index (κ2) is 10.9. The number of anilines is 1. The predicted molar refractivity (Wildman–Crippen MR) is 129 cm³/mol. The van der Waals surface area contributed by atoms with Crippen LogP contribution in [0.5, 0.6) is 6.01 Å². The van der Waals surface area contributed by atoms with Gasteiger partial charge in [-0.05, 0) is 57.9 Å². The highest BCUT2D eigenvalue weighted by atomic mass is 16.5. The zero-order valence-corrected chi connectivity index (χ0v) is 19.8. The number of hydrogen-bond donors (Lipinski definition) is 1. The van der Waals surface area contributed by atoms with Gasteiger partial charge in [0.15, 0.2) is 5.82 Å². The van der Waals surface area contributed by atoms with Crippen LogP contribution < -0.4 is 10.1 Å². The standard InChI is InChI=1S/C26H34N4O2/c1-6-8-9-20(7-2)25(31)27-22-14-16-23(17-15-22)30-24(21-12-10-19(5)11-13-21)28-26(29-30)32-18(3)4/h10-18,20H,6-9H2,1-5H3,(H,27,31). The van der Waals surface area contributed by atoms with Gasteiger partial charge in [-0.3, -0.25) is 4.79 Å². The summed E-state index contributed by atoms with van der Waals surface area (Å²) in [7, 11) is 0. The number of carbonyl (C=O) groups is 1. The molecule has 1 heterocycles. The number of aromatic nitrogens is 3. The molecule has 0 saturated carbocycles. The van der Waals surface area contributed by atoms with Gasteiger partial charge in [0.1, 0.15) is 0 Å². The minimum atomic E-state index is -0.0199. The molecule has 0 bridgehead atoms. The molecule has 1 N–H and O–H groups in total. The van der Waals surface area contributed by atoms with E-state index in [0.29, 0.717) is 11.8 Å². The zero-order chi connectivity index (χ0) is 23.1. The van der Waals surface area contributed by atoms with Gasteiger partial charge in [0.25, 0.3) is 0 Å². The van der Waals surface area contributed by atoms with Gasteiger partial charge in [-0.15, -0.1) is 5.10 Å². The summed E-state index contributed by atoms with van der Waals surface area (Å²) in [5.41, 5.74) is 3.77. The van der Waals surface area contributed by atoms with Crippen LogP contribution >= 0.6 is 0 Å². The van der Waals surface area contributed by atoms with Crippen molar-refractivity contribution in [2.24, 2.45) is 5.92 Å². The molecule has 3 aromatic rings. The van der Waals surface area contributed by atoms with Gasteiger partial charge < -0.3 is 10.1 Å². The zero-order valence-electron chi connectivity index (χ0n) is 19.8. The molecule has 0 spiro atoms. The van der Waals surface area contributed by atoms with E-state index in [4.69, 9.17) is 4.74 Å². The molecule has 0 aliphatic rings. The van der Waals surface area contributed by atoms with E-state index in [9.17, 15) is 4.79 Å². The number of ether oxygens (including phenoxy) is 1. The molecule has 0 saturated heterocycles. The van der Waals surface area contributed by atoms with E-state index >= 15 is 0 Å². The highest BCUT2D eigenvalue weighted by Gasteiger charge is 2.18. The normalized spacial score (nSPS) is 12.1. The van der Waals surface area contributed by atoms with Crippen LogP contribution in [0.15, 0.2) is 48.5 Å². The molecular weight excluding hydrogens is 400 g/mol. The SMILES string of the molecule is CCCCC(CC)C(=O)Nc1ccc(-n2nc(OC(C)C)nc2-c2ccc(C)cc2)cc1. The van der Waals surface area contributed by atoms with Gasteiger partial charge in [-0.2, -0.15) is 4.98 Å². The van der Waals surface area contributed by atoms with Crippen molar-refractivity contribution < 1.29 is 9.53 Å².